The fourth-order valence-electron chi connectivity index (χ4n) is 4.11. The molecule has 4 rings (SSSR count). The van der Waals surface area contributed by atoms with E-state index in [0.717, 1.165) is 18.9 Å². The minimum Gasteiger partial charge on any atom is -0.359 e. The number of pyridine rings is 2. The van der Waals surface area contributed by atoms with Gasteiger partial charge in [0.15, 0.2) is 5.76 Å². The Balaban J connectivity index is 1.38. The number of halogens is 3. The van der Waals surface area contributed by atoms with Crippen LogP contribution in [-0.4, -0.2) is 52.7 Å². The van der Waals surface area contributed by atoms with Gasteiger partial charge in [0.1, 0.15) is 22.9 Å². The lowest BCUT2D eigenvalue weighted by molar-refractivity contribution is -0.140. The predicted octanol–water partition coefficient (Wildman–Crippen LogP) is 4.63. The number of piperidine rings is 1. The summed E-state index contributed by atoms with van der Waals surface area (Å²) in [6.45, 7) is 5.48. The summed E-state index contributed by atoms with van der Waals surface area (Å²) in [5.41, 5.74) is 0.574. The SMILES string of the molecule is Cc1noc(C)c1NC(=O)N(C)CC1CCN(c2nccc3nc(C(F)(F)F)ccc23)CC1. The van der Waals surface area contributed by atoms with Crippen LogP contribution in [0.5, 0.6) is 0 Å². The molecule has 2 amide bonds. The molecule has 0 spiro atoms. The molecule has 1 N–H and O–H groups in total. The van der Waals surface area contributed by atoms with E-state index in [1.165, 1.54) is 18.3 Å². The number of fused-ring (bicyclic) bond motifs is 1. The Morgan fingerprint density at radius 3 is 2.61 bits per heavy atom. The zero-order valence-electron chi connectivity index (χ0n) is 18.6. The molecule has 0 atom stereocenters. The van der Waals surface area contributed by atoms with Crippen LogP contribution in [0.1, 0.15) is 30.0 Å². The number of urea groups is 1. The van der Waals surface area contributed by atoms with Crippen molar-refractivity contribution in [3.05, 3.63) is 41.5 Å². The smallest absolute Gasteiger partial charge is 0.359 e. The molecule has 0 saturated carbocycles. The van der Waals surface area contributed by atoms with Crippen molar-refractivity contribution in [2.45, 2.75) is 32.9 Å². The van der Waals surface area contributed by atoms with E-state index in [9.17, 15) is 18.0 Å². The van der Waals surface area contributed by atoms with Gasteiger partial charge in [0.05, 0.1) is 5.52 Å². The Hall–Kier alpha value is -3.37. The van der Waals surface area contributed by atoms with Crippen molar-refractivity contribution in [3.8, 4) is 0 Å². The zero-order chi connectivity index (χ0) is 23.8. The highest BCUT2D eigenvalue weighted by Gasteiger charge is 2.33. The number of carbonyl (C=O) groups is 1. The Labute approximate surface area is 188 Å². The zero-order valence-corrected chi connectivity index (χ0v) is 18.6. The first kappa shape index (κ1) is 22.8. The maximum absolute atomic E-state index is 13.0. The van der Waals surface area contributed by atoms with Crippen LogP contribution in [0.2, 0.25) is 0 Å². The van der Waals surface area contributed by atoms with E-state index in [-0.39, 0.29) is 11.5 Å². The molecule has 3 aromatic rings. The average molecular weight is 462 g/mol. The Bertz CT molecular complexity index is 1140. The molecular formula is C22H25F3N6O2. The summed E-state index contributed by atoms with van der Waals surface area (Å²) in [6.07, 6.45) is -1.34. The number of nitrogens with one attached hydrogen (secondary N) is 1. The second kappa shape index (κ2) is 8.87. The van der Waals surface area contributed by atoms with Gasteiger partial charge in [0, 0.05) is 38.3 Å². The van der Waals surface area contributed by atoms with E-state index in [4.69, 9.17) is 4.52 Å². The van der Waals surface area contributed by atoms with Gasteiger partial charge in [0.25, 0.3) is 0 Å². The first-order chi connectivity index (χ1) is 15.6. The van der Waals surface area contributed by atoms with Gasteiger partial charge in [-0.2, -0.15) is 13.2 Å². The normalized spacial score (nSPS) is 15.2. The number of nitrogens with zero attached hydrogens (tertiary/aromatic N) is 5. The highest BCUT2D eigenvalue weighted by Crippen LogP contribution is 2.32. The maximum Gasteiger partial charge on any atom is 0.433 e. The van der Waals surface area contributed by atoms with Crippen molar-refractivity contribution >= 4 is 28.4 Å². The number of alkyl halides is 3. The van der Waals surface area contributed by atoms with Crippen LogP contribution < -0.4 is 10.2 Å². The van der Waals surface area contributed by atoms with Crippen LogP contribution in [0.25, 0.3) is 10.9 Å². The van der Waals surface area contributed by atoms with Crippen molar-refractivity contribution in [2.75, 3.05) is 36.9 Å². The Morgan fingerprint density at radius 1 is 1.24 bits per heavy atom. The second-order valence-corrected chi connectivity index (χ2v) is 8.34. The van der Waals surface area contributed by atoms with Crippen LogP contribution in [0.3, 0.4) is 0 Å². The molecule has 176 valence electrons. The molecule has 1 aliphatic rings. The molecule has 4 heterocycles. The van der Waals surface area contributed by atoms with Crippen molar-refractivity contribution in [3.63, 3.8) is 0 Å². The number of hydrogen-bond acceptors (Lipinski definition) is 6. The fraction of sp³-hybridized carbons (Fsp3) is 0.455. The number of carbonyl (C=O) groups excluding carboxylic acids is 1. The van der Waals surface area contributed by atoms with Gasteiger partial charge < -0.3 is 19.6 Å². The van der Waals surface area contributed by atoms with Gasteiger partial charge in [-0.3, -0.25) is 0 Å². The lowest BCUT2D eigenvalue weighted by atomic mass is 9.96. The molecule has 11 heteroatoms. The minimum absolute atomic E-state index is 0.228. The van der Waals surface area contributed by atoms with Gasteiger partial charge >= 0.3 is 12.2 Å². The molecule has 0 aliphatic carbocycles. The van der Waals surface area contributed by atoms with E-state index in [2.05, 4.69) is 25.3 Å². The minimum atomic E-state index is -4.49. The number of amides is 2. The third kappa shape index (κ3) is 4.86. The summed E-state index contributed by atoms with van der Waals surface area (Å²) < 4.78 is 44.1. The van der Waals surface area contributed by atoms with Crippen LogP contribution in [0.15, 0.2) is 28.9 Å². The van der Waals surface area contributed by atoms with E-state index < -0.39 is 11.9 Å². The summed E-state index contributed by atoms with van der Waals surface area (Å²) in [5, 5.41) is 7.28. The van der Waals surface area contributed by atoms with Crippen molar-refractivity contribution in [1.82, 2.24) is 20.0 Å². The van der Waals surface area contributed by atoms with Crippen LogP contribution >= 0.6 is 0 Å². The number of aromatic nitrogens is 3. The topological polar surface area (TPSA) is 87.4 Å². The first-order valence-corrected chi connectivity index (χ1v) is 10.7. The third-order valence-corrected chi connectivity index (χ3v) is 5.94. The summed E-state index contributed by atoms with van der Waals surface area (Å²) in [6, 6.07) is 3.70. The molecule has 0 unspecified atom stereocenters. The lowest BCUT2D eigenvalue weighted by Crippen LogP contribution is -2.41. The molecule has 0 bridgehead atoms. The largest absolute Gasteiger partial charge is 0.433 e. The maximum atomic E-state index is 13.0. The third-order valence-electron chi connectivity index (χ3n) is 5.94. The monoisotopic (exact) mass is 462 g/mol. The van der Waals surface area contributed by atoms with Gasteiger partial charge in [-0.1, -0.05) is 5.16 Å². The molecule has 1 fully saturated rings. The molecular weight excluding hydrogens is 437 g/mol. The standard InChI is InChI=1S/C22H25F3N6O2/c1-13-19(14(2)33-29-13)28-21(32)30(3)12-15-7-10-31(11-8-15)20-16-4-5-18(22(23,24)25)27-17(16)6-9-26-20/h4-6,9,15H,7-8,10-12H2,1-3H3,(H,28,32). The molecule has 1 aliphatic heterocycles. The second-order valence-electron chi connectivity index (χ2n) is 8.34. The average Bonchev–Trinajstić information content (AvgIpc) is 3.10. The molecule has 3 aromatic heterocycles. The fourth-order valence-corrected chi connectivity index (χ4v) is 4.11. The number of anilines is 2. The summed E-state index contributed by atoms with van der Waals surface area (Å²) in [7, 11) is 1.75. The van der Waals surface area contributed by atoms with Gasteiger partial charge in [-0.15, -0.1) is 0 Å². The Morgan fingerprint density at radius 2 is 1.97 bits per heavy atom. The van der Waals surface area contributed by atoms with E-state index in [0.29, 0.717) is 53.9 Å². The number of aryl methyl sites for hydroxylation is 2. The van der Waals surface area contributed by atoms with Crippen LogP contribution in [0, 0.1) is 19.8 Å². The lowest BCUT2D eigenvalue weighted by Gasteiger charge is -2.35. The molecule has 33 heavy (non-hydrogen) atoms. The highest BCUT2D eigenvalue weighted by molar-refractivity contribution is 5.90. The van der Waals surface area contributed by atoms with Crippen molar-refractivity contribution < 1.29 is 22.5 Å². The van der Waals surface area contributed by atoms with Gasteiger partial charge in [-0.25, -0.2) is 14.8 Å². The number of rotatable bonds is 4. The quantitative estimate of drug-likeness (QED) is 0.608. The predicted molar refractivity (Wildman–Crippen MR) is 117 cm³/mol. The van der Waals surface area contributed by atoms with Crippen LogP contribution in [0.4, 0.5) is 29.5 Å². The highest BCUT2D eigenvalue weighted by atomic mass is 19.4. The molecule has 1 saturated heterocycles. The van der Waals surface area contributed by atoms with Gasteiger partial charge in [0.2, 0.25) is 0 Å². The number of hydrogen-bond donors (Lipinski definition) is 1. The Kier molecular flexibility index (Phi) is 6.13. The van der Waals surface area contributed by atoms with E-state index in [1.807, 2.05) is 0 Å². The molecule has 0 radical (unpaired) electrons. The molecule has 8 nitrogen and oxygen atoms in total. The summed E-state index contributed by atoms with van der Waals surface area (Å²) >= 11 is 0. The molecule has 0 aromatic carbocycles. The van der Waals surface area contributed by atoms with Crippen molar-refractivity contribution in [1.29, 1.82) is 0 Å². The van der Waals surface area contributed by atoms with E-state index in [1.54, 1.807) is 25.8 Å². The first-order valence-electron chi connectivity index (χ1n) is 10.7. The van der Waals surface area contributed by atoms with Gasteiger partial charge in [-0.05, 0) is 50.8 Å². The summed E-state index contributed by atoms with van der Waals surface area (Å²) in [4.78, 5) is 24.4. The van der Waals surface area contributed by atoms with Crippen molar-refractivity contribution in [2.24, 2.45) is 5.92 Å². The van der Waals surface area contributed by atoms with Crippen LogP contribution in [-0.2, 0) is 6.18 Å². The summed E-state index contributed by atoms with van der Waals surface area (Å²) in [5.74, 6) is 1.49. The van der Waals surface area contributed by atoms with E-state index >= 15 is 0 Å².